The molecule has 1 fully saturated rings. The van der Waals surface area contributed by atoms with Crippen LogP contribution in [0.4, 0.5) is 5.69 Å². The van der Waals surface area contributed by atoms with Gasteiger partial charge in [0.05, 0.1) is 0 Å². The van der Waals surface area contributed by atoms with Gasteiger partial charge in [0.15, 0.2) is 0 Å². The number of benzene rings is 2. The van der Waals surface area contributed by atoms with Gasteiger partial charge in [-0.15, -0.1) is 0 Å². The highest BCUT2D eigenvalue weighted by atomic mass is 16.2. The summed E-state index contributed by atoms with van der Waals surface area (Å²) in [5.74, 6) is -0.0437. The van der Waals surface area contributed by atoms with Crippen LogP contribution in [0.2, 0.25) is 0 Å². The van der Waals surface area contributed by atoms with E-state index in [-0.39, 0.29) is 17.2 Å². The summed E-state index contributed by atoms with van der Waals surface area (Å²) in [7, 11) is 0. The van der Waals surface area contributed by atoms with Crippen molar-refractivity contribution in [1.82, 2.24) is 14.4 Å². The lowest BCUT2D eigenvalue weighted by Gasteiger charge is -2.34. The van der Waals surface area contributed by atoms with E-state index in [2.05, 4.69) is 49.4 Å². The highest BCUT2D eigenvalue weighted by Crippen LogP contribution is 2.26. The summed E-state index contributed by atoms with van der Waals surface area (Å²) >= 11 is 0. The summed E-state index contributed by atoms with van der Waals surface area (Å²) in [6.45, 7) is 15.9. The number of amides is 2. The number of piperazine rings is 1. The van der Waals surface area contributed by atoms with Crippen LogP contribution < -0.4 is 5.32 Å². The van der Waals surface area contributed by atoms with Gasteiger partial charge in [0, 0.05) is 54.9 Å². The quantitative estimate of drug-likeness (QED) is 0.522. The number of carbonyl (C=O) groups excluding carboxylic acids is 2. The fourth-order valence-electron chi connectivity index (χ4n) is 4.74. The molecular formula is C29H38N4O2. The Bertz CT molecular complexity index is 1200. The van der Waals surface area contributed by atoms with Gasteiger partial charge in [-0.05, 0) is 60.3 Å². The minimum atomic E-state index is -0.136. The standard InChI is InChI=1S/C29H38N4O2/c1-6-14-33-25-13-12-24(30-27(34)21-8-10-23(11-9-21)29(3,4)5)19-22(25)20-26(33)28(35)32-17-15-31(7-2)16-18-32/h8-13,19-20H,6-7,14-18H2,1-5H3,(H,30,34). The molecular weight excluding hydrogens is 436 g/mol. The van der Waals surface area contributed by atoms with E-state index in [4.69, 9.17) is 0 Å². The summed E-state index contributed by atoms with van der Waals surface area (Å²) in [4.78, 5) is 30.6. The molecule has 1 N–H and O–H groups in total. The van der Waals surface area contributed by atoms with E-state index in [1.807, 2.05) is 53.4 Å². The molecule has 0 unspecified atom stereocenters. The zero-order valence-electron chi connectivity index (χ0n) is 21.7. The SMILES string of the molecule is CCCn1c(C(=O)N2CCN(CC)CC2)cc2cc(NC(=O)c3ccc(C(C)(C)C)cc3)ccc21. The number of nitrogens with one attached hydrogen (secondary N) is 1. The molecule has 3 aromatic rings. The molecule has 1 aromatic heterocycles. The zero-order valence-corrected chi connectivity index (χ0v) is 21.7. The second-order valence-electron chi connectivity index (χ2n) is 10.5. The number of anilines is 1. The highest BCUT2D eigenvalue weighted by Gasteiger charge is 2.25. The van der Waals surface area contributed by atoms with E-state index in [1.165, 1.54) is 5.56 Å². The molecule has 4 rings (SSSR count). The molecule has 35 heavy (non-hydrogen) atoms. The minimum Gasteiger partial charge on any atom is -0.337 e. The third-order valence-corrected chi connectivity index (χ3v) is 6.95. The first kappa shape index (κ1) is 25.0. The van der Waals surface area contributed by atoms with Gasteiger partial charge in [0.1, 0.15) is 5.69 Å². The second-order valence-corrected chi connectivity index (χ2v) is 10.5. The summed E-state index contributed by atoms with van der Waals surface area (Å²) in [5.41, 5.74) is 4.35. The number of rotatable bonds is 6. The maximum Gasteiger partial charge on any atom is 0.270 e. The molecule has 1 aliphatic rings. The van der Waals surface area contributed by atoms with Crippen molar-refractivity contribution in [3.8, 4) is 0 Å². The smallest absolute Gasteiger partial charge is 0.270 e. The van der Waals surface area contributed by atoms with Crippen molar-refractivity contribution in [3.63, 3.8) is 0 Å². The minimum absolute atomic E-state index is 0.0460. The number of nitrogens with zero attached hydrogens (tertiary/aromatic N) is 3. The lowest BCUT2D eigenvalue weighted by atomic mass is 9.87. The van der Waals surface area contributed by atoms with Crippen molar-refractivity contribution < 1.29 is 9.59 Å². The predicted molar refractivity (Wildman–Crippen MR) is 143 cm³/mol. The van der Waals surface area contributed by atoms with Gasteiger partial charge >= 0.3 is 0 Å². The molecule has 6 heteroatoms. The van der Waals surface area contributed by atoms with E-state index in [0.717, 1.165) is 68.0 Å². The van der Waals surface area contributed by atoms with Crippen LogP contribution in [0.3, 0.4) is 0 Å². The van der Waals surface area contributed by atoms with E-state index in [9.17, 15) is 9.59 Å². The summed E-state index contributed by atoms with van der Waals surface area (Å²) in [5, 5.41) is 3.99. The Hall–Kier alpha value is -3.12. The molecule has 0 aliphatic carbocycles. The van der Waals surface area contributed by atoms with Crippen LogP contribution in [0.25, 0.3) is 10.9 Å². The predicted octanol–water partition coefficient (Wildman–Crippen LogP) is 5.38. The van der Waals surface area contributed by atoms with Gasteiger partial charge < -0.3 is 19.7 Å². The highest BCUT2D eigenvalue weighted by molar-refractivity contribution is 6.06. The number of aryl methyl sites for hydroxylation is 1. The Morgan fingerprint density at radius 1 is 0.914 bits per heavy atom. The second kappa shape index (κ2) is 10.2. The fraction of sp³-hybridized carbons (Fsp3) is 0.448. The van der Waals surface area contributed by atoms with Crippen molar-refractivity contribution in [1.29, 1.82) is 0 Å². The number of aromatic nitrogens is 1. The lowest BCUT2D eigenvalue weighted by Crippen LogP contribution is -2.48. The largest absolute Gasteiger partial charge is 0.337 e. The van der Waals surface area contributed by atoms with Gasteiger partial charge in [0.2, 0.25) is 0 Å². The van der Waals surface area contributed by atoms with Crippen molar-refractivity contribution >= 4 is 28.4 Å². The van der Waals surface area contributed by atoms with Crippen LogP contribution in [0.1, 0.15) is 67.4 Å². The maximum absolute atomic E-state index is 13.4. The molecule has 6 nitrogen and oxygen atoms in total. The van der Waals surface area contributed by atoms with Crippen molar-refractivity contribution in [2.24, 2.45) is 0 Å². The first-order chi connectivity index (χ1) is 16.7. The molecule has 186 valence electrons. The Labute approximate surface area is 208 Å². The Morgan fingerprint density at radius 2 is 1.60 bits per heavy atom. The fourth-order valence-corrected chi connectivity index (χ4v) is 4.74. The average molecular weight is 475 g/mol. The van der Waals surface area contributed by atoms with E-state index in [0.29, 0.717) is 5.56 Å². The van der Waals surface area contributed by atoms with Crippen molar-refractivity contribution in [2.75, 3.05) is 38.0 Å². The molecule has 0 spiro atoms. The van der Waals surface area contributed by atoms with Crippen LogP contribution in [0.15, 0.2) is 48.5 Å². The number of likely N-dealkylation sites (N-methyl/N-ethyl adjacent to an activating group) is 1. The van der Waals surface area contributed by atoms with Gasteiger partial charge in [-0.25, -0.2) is 0 Å². The number of hydrogen-bond acceptors (Lipinski definition) is 3. The van der Waals surface area contributed by atoms with Crippen molar-refractivity contribution in [3.05, 3.63) is 65.4 Å². The number of fused-ring (bicyclic) bond motifs is 1. The lowest BCUT2D eigenvalue weighted by molar-refractivity contribution is 0.0633. The van der Waals surface area contributed by atoms with Crippen LogP contribution in [-0.4, -0.2) is 58.9 Å². The molecule has 2 heterocycles. The molecule has 2 aromatic carbocycles. The maximum atomic E-state index is 13.4. The number of carbonyl (C=O) groups is 2. The van der Waals surface area contributed by atoms with Crippen LogP contribution >= 0.6 is 0 Å². The third kappa shape index (κ3) is 5.43. The number of hydrogen-bond donors (Lipinski definition) is 1. The van der Waals surface area contributed by atoms with Gasteiger partial charge in [0.25, 0.3) is 11.8 Å². The monoisotopic (exact) mass is 474 g/mol. The van der Waals surface area contributed by atoms with Crippen LogP contribution in [0, 0.1) is 0 Å². The van der Waals surface area contributed by atoms with Crippen LogP contribution in [-0.2, 0) is 12.0 Å². The molecule has 0 radical (unpaired) electrons. The molecule has 0 bridgehead atoms. The normalized spacial score (nSPS) is 14.9. The molecule has 0 saturated carbocycles. The Morgan fingerprint density at radius 3 is 2.20 bits per heavy atom. The van der Waals surface area contributed by atoms with E-state index >= 15 is 0 Å². The van der Waals surface area contributed by atoms with Crippen molar-refractivity contribution in [2.45, 2.75) is 53.0 Å². The zero-order chi connectivity index (χ0) is 25.2. The average Bonchev–Trinajstić information content (AvgIpc) is 3.21. The first-order valence-electron chi connectivity index (χ1n) is 12.8. The first-order valence-corrected chi connectivity index (χ1v) is 12.8. The Kier molecular flexibility index (Phi) is 7.31. The molecule has 1 aliphatic heterocycles. The molecule has 1 saturated heterocycles. The summed E-state index contributed by atoms with van der Waals surface area (Å²) in [6.07, 6.45) is 0.941. The Balaban J connectivity index is 1.56. The topological polar surface area (TPSA) is 57.6 Å². The molecule has 2 amide bonds. The molecule has 0 atom stereocenters. The van der Waals surface area contributed by atoms with Gasteiger partial charge in [-0.1, -0.05) is 46.8 Å². The van der Waals surface area contributed by atoms with Crippen LogP contribution in [0.5, 0.6) is 0 Å². The van der Waals surface area contributed by atoms with Gasteiger partial charge in [-0.2, -0.15) is 0 Å². The summed E-state index contributed by atoms with van der Waals surface area (Å²) < 4.78 is 2.13. The third-order valence-electron chi connectivity index (χ3n) is 6.95. The van der Waals surface area contributed by atoms with E-state index < -0.39 is 0 Å². The van der Waals surface area contributed by atoms with Gasteiger partial charge in [-0.3, -0.25) is 9.59 Å². The summed E-state index contributed by atoms with van der Waals surface area (Å²) in [6, 6.07) is 15.7. The van der Waals surface area contributed by atoms with E-state index in [1.54, 1.807) is 0 Å².